The molecular formula is C17H25N3O4. The molecule has 132 valence electrons. The minimum atomic E-state index is -0.696. The average Bonchev–Trinajstić information content (AvgIpc) is 3.22. The van der Waals surface area contributed by atoms with Crippen molar-refractivity contribution in [1.82, 2.24) is 9.78 Å². The molecule has 7 nitrogen and oxygen atoms in total. The van der Waals surface area contributed by atoms with Crippen molar-refractivity contribution in [3.63, 3.8) is 0 Å². The van der Waals surface area contributed by atoms with Gasteiger partial charge in [0.15, 0.2) is 17.8 Å². The Morgan fingerprint density at radius 1 is 1.38 bits per heavy atom. The van der Waals surface area contributed by atoms with Gasteiger partial charge in [-0.05, 0) is 32.1 Å². The van der Waals surface area contributed by atoms with Gasteiger partial charge in [0, 0.05) is 18.6 Å². The first-order valence-corrected chi connectivity index (χ1v) is 9.08. The van der Waals surface area contributed by atoms with Crippen molar-refractivity contribution in [1.29, 1.82) is 0 Å². The standard InChI is InChI=1S/C17H25N3O4/c1-2-22-17(21)24-13-10-18-20-15(13)19-14(11-6-4-3-5-7-11)12-8-9-23-16(12)20/h10-12,14,16,19H,2-9H2,1H3. The van der Waals surface area contributed by atoms with Gasteiger partial charge in [0.05, 0.1) is 12.8 Å². The third-order valence-electron chi connectivity index (χ3n) is 5.49. The number of carbonyl (C=O) groups is 1. The van der Waals surface area contributed by atoms with Gasteiger partial charge >= 0.3 is 6.16 Å². The number of hydrogen-bond donors (Lipinski definition) is 1. The fraction of sp³-hybridized carbons (Fsp3) is 0.765. The van der Waals surface area contributed by atoms with Crippen LogP contribution in [0.5, 0.6) is 5.75 Å². The van der Waals surface area contributed by atoms with Crippen molar-refractivity contribution in [3.8, 4) is 5.75 Å². The Morgan fingerprint density at radius 2 is 2.21 bits per heavy atom. The number of ether oxygens (including phenoxy) is 3. The van der Waals surface area contributed by atoms with E-state index in [4.69, 9.17) is 14.2 Å². The number of aromatic nitrogens is 2. The van der Waals surface area contributed by atoms with E-state index in [9.17, 15) is 4.79 Å². The molecule has 3 unspecified atom stereocenters. The van der Waals surface area contributed by atoms with E-state index < -0.39 is 6.16 Å². The molecule has 24 heavy (non-hydrogen) atoms. The Labute approximate surface area is 141 Å². The molecule has 3 atom stereocenters. The zero-order valence-corrected chi connectivity index (χ0v) is 14.1. The van der Waals surface area contributed by atoms with Crippen LogP contribution in [0.3, 0.4) is 0 Å². The van der Waals surface area contributed by atoms with Crippen LogP contribution in [0.1, 0.15) is 51.7 Å². The number of fused-ring (bicyclic) bond motifs is 3. The molecule has 1 saturated heterocycles. The lowest BCUT2D eigenvalue weighted by atomic mass is 9.77. The van der Waals surface area contributed by atoms with Gasteiger partial charge < -0.3 is 19.5 Å². The van der Waals surface area contributed by atoms with E-state index in [0.717, 1.165) is 18.8 Å². The molecule has 2 fully saturated rings. The monoisotopic (exact) mass is 335 g/mol. The molecule has 1 aliphatic carbocycles. The maximum Gasteiger partial charge on any atom is 0.514 e. The molecule has 1 N–H and O–H groups in total. The van der Waals surface area contributed by atoms with Gasteiger partial charge in [-0.3, -0.25) is 0 Å². The first-order chi connectivity index (χ1) is 11.8. The summed E-state index contributed by atoms with van der Waals surface area (Å²) in [6.07, 6.45) is 8.30. The van der Waals surface area contributed by atoms with Crippen LogP contribution in [-0.2, 0) is 9.47 Å². The topological polar surface area (TPSA) is 74.6 Å². The summed E-state index contributed by atoms with van der Waals surface area (Å²) >= 11 is 0. The Morgan fingerprint density at radius 3 is 3.00 bits per heavy atom. The van der Waals surface area contributed by atoms with Crippen LogP contribution < -0.4 is 10.1 Å². The lowest BCUT2D eigenvalue weighted by molar-refractivity contribution is 0.00583. The Hall–Kier alpha value is -1.76. The van der Waals surface area contributed by atoms with E-state index in [2.05, 4.69) is 10.4 Å². The quantitative estimate of drug-likeness (QED) is 0.854. The zero-order chi connectivity index (χ0) is 16.5. The molecule has 0 aromatic carbocycles. The molecule has 0 radical (unpaired) electrons. The van der Waals surface area contributed by atoms with Gasteiger partial charge in [-0.15, -0.1) is 0 Å². The predicted octanol–water partition coefficient (Wildman–Crippen LogP) is 3.33. The molecule has 0 bridgehead atoms. The summed E-state index contributed by atoms with van der Waals surface area (Å²) < 4.78 is 18.0. The summed E-state index contributed by atoms with van der Waals surface area (Å²) in [5.74, 6) is 2.23. The van der Waals surface area contributed by atoms with E-state index in [1.807, 2.05) is 4.68 Å². The third-order valence-corrected chi connectivity index (χ3v) is 5.49. The van der Waals surface area contributed by atoms with Crippen molar-refractivity contribution in [2.24, 2.45) is 11.8 Å². The van der Waals surface area contributed by atoms with Crippen molar-refractivity contribution < 1.29 is 19.0 Å². The number of rotatable bonds is 3. The van der Waals surface area contributed by atoms with Crippen LogP contribution in [0.25, 0.3) is 0 Å². The van der Waals surface area contributed by atoms with Crippen LogP contribution in [0.15, 0.2) is 6.20 Å². The van der Waals surface area contributed by atoms with Gasteiger partial charge in [-0.2, -0.15) is 5.10 Å². The molecule has 2 aliphatic heterocycles. The summed E-state index contributed by atoms with van der Waals surface area (Å²) in [7, 11) is 0. The van der Waals surface area contributed by atoms with Crippen molar-refractivity contribution in [3.05, 3.63) is 6.20 Å². The van der Waals surface area contributed by atoms with Crippen LogP contribution >= 0.6 is 0 Å². The Balaban J connectivity index is 1.59. The molecule has 1 aromatic rings. The molecule has 3 aliphatic rings. The molecule has 1 aromatic heterocycles. The highest BCUT2D eigenvalue weighted by atomic mass is 16.7. The highest BCUT2D eigenvalue weighted by Gasteiger charge is 2.45. The van der Waals surface area contributed by atoms with Gasteiger partial charge in [0.25, 0.3) is 0 Å². The summed E-state index contributed by atoms with van der Waals surface area (Å²) in [6.45, 7) is 2.80. The number of nitrogens with one attached hydrogen (secondary N) is 1. The van der Waals surface area contributed by atoms with Gasteiger partial charge in [-0.25, -0.2) is 9.48 Å². The molecule has 4 rings (SSSR count). The van der Waals surface area contributed by atoms with Gasteiger partial charge in [0.1, 0.15) is 0 Å². The van der Waals surface area contributed by atoms with Crippen LogP contribution in [-0.4, -0.2) is 35.2 Å². The Bertz CT molecular complexity index is 597. The lowest BCUT2D eigenvalue weighted by Gasteiger charge is -2.41. The first-order valence-electron chi connectivity index (χ1n) is 9.08. The van der Waals surface area contributed by atoms with E-state index >= 15 is 0 Å². The fourth-order valence-electron chi connectivity index (χ4n) is 4.41. The second-order valence-corrected chi connectivity index (χ2v) is 6.87. The highest BCUT2D eigenvalue weighted by molar-refractivity contribution is 5.67. The normalized spacial score (nSPS) is 29.5. The number of hydrogen-bond acceptors (Lipinski definition) is 6. The second-order valence-electron chi connectivity index (χ2n) is 6.87. The van der Waals surface area contributed by atoms with Gasteiger partial charge in [0.2, 0.25) is 0 Å². The van der Waals surface area contributed by atoms with Crippen molar-refractivity contribution in [2.75, 3.05) is 18.5 Å². The largest absolute Gasteiger partial charge is 0.514 e. The Kier molecular flexibility index (Phi) is 4.35. The highest BCUT2D eigenvalue weighted by Crippen LogP contribution is 2.46. The maximum atomic E-state index is 11.7. The predicted molar refractivity (Wildman–Crippen MR) is 87.0 cm³/mol. The third kappa shape index (κ3) is 2.75. The average molecular weight is 335 g/mol. The van der Waals surface area contributed by atoms with E-state index in [0.29, 0.717) is 23.6 Å². The second kappa shape index (κ2) is 6.63. The first kappa shape index (κ1) is 15.7. The molecule has 0 amide bonds. The molecule has 3 heterocycles. The zero-order valence-electron chi connectivity index (χ0n) is 14.1. The number of nitrogens with zero attached hydrogens (tertiary/aromatic N) is 2. The van der Waals surface area contributed by atoms with Crippen LogP contribution in [0, 0.1) is 11.8 Å². The smallest absolute Gasteiger partial charge is 0.434 e. The maximum absolute atomic E-state index is 11.7. The summed E-state index contributed by atoms with van der Waals surface area (Å²) in [5, 5.41) is 8.01. The van der Waals surface area contributed by atoms with E-state index in [1.165, 1.54) is 32.1 Å². The van der Waals surface area contributed by atoms with E-state index in [1.54, 1.807) is 13.1 Å². The molecule has 0 spiro atoms. The van der Waals surface area contributed by atoms with Crippen LogP contribution in [0.2, 0.25) is 0 Å². The lowest BCUT2D eigenvalue weighted by Crippen LogP contribution is -2.44. The summed E-state index contributed by atoms with van der Waals surface area (Å²) in [6, 6.07) is 0.353. The fourth-order valence-corrected chi connectivity index (χ4v) is 4.41. The molecule has 1 saturated carbocycles. The minimum Gasteiger partial charge on any atom is -0.434 e. The van der Waals surface area contributed by atoms with Crippen molar-refractivity contribution >= 4 is 12.0 Å². The SMILES string of the molecule is CCOC(=O)Oc1cnn2c1NC(C1CCCCC1)C1CCOC12. The van der Waals surface area contributed by atoms with E-state index in [-0.39, 0.29) is 12.8 Å². The van der Waals surface area contributed by atoms with Crippen LogP contribution in [0.4, 0.5) is 10.6 Å². The molecule has 7 heteroatoms. The summed E-state index contributed by atoms with van der Waals surface area (Å²) in [4.78, 5) is 11.7. The summed E-state index contributed by atoms with van der Waals surface area (Å²) in [5.41, 5.74) is 0. The van der Waals surface area contributed by atoms with Gasteiger partial charge in [-0.1, -0.05) is 19.3 Å². The molecular weight excluding hydrogens is 310 g/mol. The number of anilines is 1. The van der Waals surface area contributed by atoms with Crippen molar-refractivity contribution in [2.45, 2.75) is 57.7 Å². The minimum absolute atomic E-state index is 0.0623. The number of carbonyl (C=O) groups excluding carboxylic acids is 1.